The zero-order valence-electron chi connectivity index (χ0n) is 9.68. The Kier molecular flexibility index (Phi) is 2.87. The first kappa shape index (κ1) is 11.3. The summed E-state index contributed by atoms with van der Waals surface area (Å²) in [5, 5.41) is 11.0. The van der Waals surface area contributed by atoms with E-state index in [-0.39, 0.29) is 10.6 Å². The minimum Gasteiger partial charge on any atom is -0.258 e. The van der Waals surface area contributed by atoms with Gasteiger partial charge in [0.05, 0.1) is 10.5 Å². The quantitative estimate of drug-likeness (QED) is 0.585. The normalized spacial score (nSPS) is 10.2. The second kappa shape index (κ2) is 4.33. The highest BCUT2D eigenvalue weighted by atomic mass is 16.6. The van der Waals surface area contributed by atoms with E-state index in [1.165, 1.54) is 6.07 Å². The molecule has 2 rings (SSSR count). The number of hydrogen-bond acceptors (Lipinski definition) is 3. The highest BCUT2D eigenvalue weighted by Gasteiger charge is 2.14. The maximum atomic E-state index is 11.0. The Morgan fingerprint density at radius 3 is 2.29 bits per heavy atom. The van der Waals surface area contributed by atoms with Crippen LogP contribution in [0.2, 0.25) is 0 Å². The van der Waals surface area contributed by atoms with Crippen LogP contribution in [-0.2, 0) is 0 Å². The number of nitrogens with zero attached hydrogens (tertiary/aromatic N) is 2. The molecule has 4 heteroatoms. The molecule has 86 valence electrons. The molecule has 0 N–H and O–H groups in total. The van der Waals surface area contributed by atoms with Gasteiger partial charge in [0.1, 0.15) is 0 Å². The first-order valence-electron chi connectivity index (χ1n) is 5.27. The molecule has 0 radical (unpaired) electrons. The van der Waals surface area contributed by atoms with Crippen LogP contribution in [-0.4, -0.2) is 9.91 Å². The second-order valence-corrected chi connectivity index (χ2v) is 3.91. The third kappa shape index (κ3) is 2.30. The molecule has 0 saturated carbocycles. The zero-order chi connectivity index (χ0) is 12.4. The number of pyridine rings is 1. The average molecular weight is 228 g/mol. The van der Waals surface area contributed by atoms with Crippen LogP contribution in [0.3, 0.4) is 0 Å². The molecular weight excluding hydrogens is 216 g/mol. The predicted molar refractivity (Wildman–Crippen MR) is 65.8 cm³/mol. The molecular formula is C13H12N2O2. The molecule has 1 aromatic heterocycles. The molecule has 0 aliphatic rings. The van der Waals surface area contributed by atoms with Gasteiger partial charge in [0.15, 0.2) is 0 Å². The fourth-order valence-corrected chi connectivity index (χ4v) is 1.87. The van der Waals surface area contributed by atoms with Crippen molar-refractivity contribution in [3.05, 3.63) is 57.9 Å². The Hall–Kier alpha value is -2.23. The third-order valence-electron chi connectivity index (χ3n) is 2.49. The molecule has 4 nitrogen and oxygen atoms in total. The van der Waals surface area contributed by atoms with Crippen LogP contribution in [0.15, 0.2) is 36.4 Å². The van der Waals surface area contributed by atoms with Gasteiger partial charge in [-0.15, -0.1) is 0 Å². The van der Waals surface area contributed by atoms with Gasteiger partial charge < -0.3 is 0 Å². The van der Waals surface area contributed by atoms with Gasteiger partial charge in [0, 0.05) is 17.5 Å². The Morgan fingerprint density at radius 2 is 1.71 bits per heavy atom. The van der Waals surface area contributed by atoms with Gasteiger partial charge in [-0.3, -0.25) is 15.1 Å². The van der Waals surface area contributed by atoms with Crippen molar-refractivity contribution in [3.8, 4) is 11.1 Å². The van der Waals surface area contributed by atoms with E-state index in [4.69, 9.17) is 0 Å². The molecule has 0 amide bonds. The van der Waals surface area contributed by atoms with Crippen LogP contribution in [0, 0.1) is 24.0 Å². The number of rotatable bonds is 2. The highest BCUT2D eigenvalue weighted by molar-refractivity contribution is 5.73. The molecule has 1 heterocycles. The van der Waals surface area contributed by atoms with Crippen LogP contribution in [0.4, 0.5) is 5.69 Å². The van der Waals surface area contributed by atoms with Crippen molar-refractivity contribution in [3.63, 3.8) is 0 Å². The van der Waals surface area contributed by atoms with Gasteiger partial charge in [0.2, 0.25) is 0 Å². The maximum absolute atomic E-state index is 11.0. The van der Waals surface area contributed by atoms with Crippen LogP contribution in [0.5, 0.6) is 0 Å². The summed E-state index contributed by atoms with van der Waals surface area (Å²) in [7, 11) is 0. The summed E-state index contributed by atoms with van der Waals surface area (Å²) in [5.41, 5.74) is 3.31. The van der Waals surface area contributed by atoms with Crippen molar-refractivity contribution in [2.45, 2.75) is 13.8 Å². The van der Waals surface area contributed by atoms with Crippen LogP contribution < -0.4 is 0 Å². The molecule has 0 aliphatic heterocycles. The molecule has 0 unspecified atom stereocenters. The van der Waals surface area contributed by atoms with E-state index in [1.54, 1.807) is 18.2 Å². The highest BCUT2D eigenvalue weighted by Crippen LogP contribution is 2.29. The smallest absolute Gasteiger partial charge is 0.258 e. The largest absolute Gasteiger partial charge is 0.277 e. The van der Waals surface area contributed by atoms with Crippen LogP contribution in [0.25, 0.3) is 11.1 Å². The van der Waals surface area contributed by atoms with Gasteiger partial charge in [-0.25, -0.2) is 0 Å². The fraction of sp³-hybridized carbons (Fsp3) is 0.154. The van der Waals surface area contributed by atoms with E-state index >= 15 is 0 Å². The number of para-hydroxylation sites is 1. The zero-order valence-corrected chi connectivity index (χ0v) is 9.68. The van der Waals surface area contributed by atoms with E-state index in [1.807, 2.05) is 26.0 Å². The summed E-state index contributed by atoms with van der Waals surface area (Å²) in [6.07, 6.45) is 0. The molecule has 0 fully saturated rings. The molecule has 0 aliphatic carbocycles. The Balaban J connectivity index is 2.64. The van der Waals surface area contributed by atoms with E-state index in [0.717, 1.165) is 17.0 Å². The van der Waals surface area contributed by atoms with E-state index in [2.05, 4.69) is 4.98 Å². The summed E-state index contributed by atoms with van der Waals surface area (Å²) >= 11 is 0. The number of hydrogen-bond donors (Lipinski definition) is 0. The van der Waals surface area contributed by atoms with Gasteiger partial charge in [-0.2, -0.15) is 0 Å². The molecule has 1 aromatic carbocycles. The molecule has 17 heavy (non-hydrogen) atoms. The lowest BCUT2D eigenvalue weighted by Gasteiger charge is -2.05. The van der Waals surface area contributed by atoms with E-state index in [0.29, 0.717) is 5.56 Å². The van der Waals surface area contributed by atoms with Gasteiger partial charge in [-0.05, 0) is 37.6 Å². The third-order valence-corrected chi connectivity index (χ3v) is 2.49. The first-order valence-corrected chi connectivity index (χ1v) is 5.27. The molecule has 0 spiro atoms. The van der Waals surface area contributed by atoms with Gasteiger partial charge in [0.25, 0.3) is 5.69 Å². The van der Waals surface area contributed by atoms with Gasteiger partial charge in [-0.1, -0.05) is 12.1 Å². The topological polar surface area (TPSA) is 56.0 Å². The van der Waals surface area contributed by atoms with Crippen molar-refractivity contribution in [2.75, 3.05) is 0 Å². The summed E-state index contributed by atoms with van der Waals surface area (Å²) in [6, 6.07) is 10.5. The fourth-order valence-electron chi connectivity index (χ4n) is 1.87. The Labute approximate surface area is 99.1 Å². The lowest BCUT2D eigenvalue weighted by atomic mass is 10.0. The number of aromatic nitrogens is 1. The molecule has 0 saturated heterocycles. The summed E-state index contributed by atoms with van der Waals surface area (Å²) in [4.78, 5) is 14.9. The minimum atomic E-state index is -0.361. The lowest BCUT2D eigenvalue weighted by molar-refractivity contribution is -0.384. The van der Waals surface area contributed by atoms with Gasteiger partial charge >= 0.3 is 0 Å². The minimum absolute atomic E-state index is 0.123. The van der Waals surface area contributed by atoms with E-state index in [9.17, 15) is 10.1 Å². The SMILES string of the molecule is Cc1cc(-c2ccccc2[N+](=O)[O-])cc(C)n1. The second-order valence-electron chi connectivity index (χ2n) is 3.91. The number of benzene rings is 1. The monoisotopic (exact) mass is 228 g/mol. The maximum Gasteiger partial charge on any atom is 0.277 e. The lowest BCUT2D eigenvalue weighted by Crippen LogP contribution is -1.93. The Bertz CT molecular complexity index is 559. The first-order chi connectivity index (χ1) is 8.08. The average Bonchev–Trinajstić information content (AvgIpc) is 2.27. The van der Waals surface area contributed by atoms with Crippen molar-refractivity contribution in [1.29, 1.82) is 0 Å². The summed E-state index contributed by atoms with van der Waals surface area (Å²) < 4.78 is 0. The summed E-state index contributed by atoms with van der Waals surface area (Å²) in [6.45, 7) is 3.76. The Morgan fingerprint density at radius 1 is 1.12 bits per heavy atom. The van der Waals surface area contributed by atoms with Crippen molar-refractivity contribution >= 4 is 5.69 Å². The summed E-state index contributed by atoms with van der Waals surface area (Å²) in [5.74, 6) is 0. The van der Waals surface area contributed by atoms with E-state index < -0.39 is 0 Å². The number of nitro groups is 1. The predicted octanol–water partition coefficient (Wildman–Crippen LogP) is 3.27. The van der Waals surface area contributed by atoms with Crippen LogP contribution in [0.1, 0.15) is 11.4 Å². The molecule has 0 bridgehead atoms. The van der Waals surface area contributed by atoms with Crippen LogP contribution >= 0.6 is 0 Å². The molecule has 0 atom stereocenters. The van der Waals surface area contributed by atoms with Crippen molar-refractivity contribution in [1.82, 2.24) is 4.98 Å². The van der Waals surface area contributed by atoms with Crippen molar-refractivity contribution in [2.24, 2.45) is 0 Å². The number of nitro benzene ring substituents is 1. The number of aryl methyl sites for hydroxylation is 2. The van der Waals surface area contributed by atoms with Crippen molar-refractivity contribution < 1.29 is 4.92 Å². The standard InChI is InChI=1S/C13H12N2O2/c1-9-7-11(8-10(2)14-9)12-5-3-4-6-13(12)15(16)17/h3-8H,1-2H3. The molecule has 2 aromatic rings.